The van der Waals surface area contributed by atoms with Gasteiger partial charge in [-0.2, -0.15) is 0 Å². The van der Waals surface area contributed by atoms with Gasteiger partial charge in [0.25, 0.3) is 0 Å². The molecular weight excluding hydrogens is 120 g/mol. The number of epoxide rings is 2. The van der Waals surface area contributed by atoms with Crippen molar-refractivity contribution in [2.45, 2.75) is 30.8 Å². The number of hydrogen-bond donors (Lipinski definition) is 0. The van der Waals surface area contributed by atoms with Gasteiger partial charge in [0.15, 0.2) is 5.78 Å². The zero-order valence-corrected chi connectivity index (χ0v) is 4.74. The third-order valence-corrected chi connectivity index (χ3v) is 2.19. The molecule has 4 atom stereocenters. The molecule has 48 valence electrons. The summed E-state index contributed by atoms with van der Waals surface area (Å²) >= 11 is 0. The highest BCUT2D eigenvalue weighted by Gasteiger charge is 2.62. The first kappa shape index (κ1) is 4.41. The third kappa shape index (κ3) is 0.426. The van der Waals surface area contributed by atoms with Crippen LogP contribution in [0.15, 0.2) is 0 Å². The Kier molecular flexibility index (Phi) is 0.522. The molecule has 3 aliphatic rings. The fraction of sp³-hybridized carbons (Fsp3) is 0.833. The summed E-state index contributed by atoms with van der Waals surface area (Å²) in [4.78, 5) is 11.0. The van der Waals surface area contributed by atoms with E-state index in [-0.39, 0.29) is 30.2 Å². The summed E-state index contributed by atoms with van der Waals surface area (Å²) in [6.45, 7) is 0. The fourth-order valence-electron chi connectivity index (χ4n) is 1.54. The van der Waals surface area contributed by atoms with Crippen molar-refractivity contribution in [3.63, 3.8) is 0 Å². The highest BCUT2D eigenvalue weighted by molar-refractivity contribution is 5.93. The van der Waals surface area contributed by atoms with Crippen molar-refractivity contribution < 1.29 is 14.3 Å². The van der Waals surface area contributed by atoms with Crippen molar-refractivity contribution in [2.24, 2.45) is 0 Å². The van der Waals surface area contributed by atoms with Gasteiger partial charge in [-0.1, -0.05) is 0 Å². The fourth-order valence-corrected chi connectivity index (χ4v) is 1.54. The minimum absolute atomic E-state index is 0.0752. The number of rotatable bonds is 0. The Hall–Kier alpha value is -0.410. The summed E-state index contributed by atoms with van der Waals surface area (Å²) in [5.41, 5.74) is 0. The van der Waals surface area contributed by atoms with Crippen LogP contribution in [0, 0.1) is 0 Å². The van der Waals surface area contributed by atoms with Crippen LogP contribution >= 0.6 is 0 Å². The molecule has 0 aromatic rings. The van der Waals surface area contributed by atoms with Gasteiger partial charge in [0.1, 0.15) is 12.2 Å². The third-order valence-electron chi connectivity index (χ3n) is 2.19. The first-order valence-corrected chi connectivity index (χ1v) is 3.21. The zero-order valence-electron chi connectivity index (χ0n) is 4.74. The van der Waals surface area contributed by atoms with Crippen molar-refractivity contribution in [1.29, 1.82) is 0 Å². The number of ether oxygens (including phenoxy) is 2. The molecule has 0 aromatic carbocycles. The van der Waals surface area contributed by atoms with Gasteiger partial charge in [0.2, 0.25) is 0 Å². The molecule has 0 radical (unpaired) electrons. The topological polar surface area (TPSA) is 42.1 Å². The van der Waals surface area contributed by atoms with Crippen molar-refractivity contribution >= 4 is 5.78 Å². The van der Waals surface area contributed by atoms with E-state index in [0.29, 0.717) is 0 Å². The summed E-state index contributed by atoms with van der Waals surface area (Å²) in [7, 11) is 0. The van der Waals surface area contributed by atoms with Crippen LogP contribution in [0.5, 0.6) is 0 Å². The van der Waals surface area contributed by atoms with Crippen LogP contribution < -0.4 is 0 Å². The number of carbonyl (C=O) groups excluding carboxylic acids is 1. The number of Topliss-reactive ketones (excluding diaryl/α,β-unsaturated/α-hetero) is 1. The van der Waals surface area contributed by atoms with Gasteiger partial charge in [0, 0.05) is 6.42 Å². The van der Waals surface area contributed by atoms with E-state index in [1.54, 1.807) is 0 Å². The van der Waals surface area contributed by atoms with E-state index in [1.165, 1.54) is 0 Å². The molecule has 0 amide bonds. The van der Waals surface area contributed by atoms with E-state index in [0.717, 1.165) is 6.42 Å². The Morgan fingerprint density at radius 2 is 1.78 bits per heavy atom. The molecule has 0 N–H and O–H groups in total. The number of carbonyl (C=O) groups is 1. The molecule has 3 rings (SSSR count). The molecule has 9 heavy (non-hydrogen) atoms. The van der Waals surface area contributed by atoms with Crippen LogP contribution in [0.3, 0.4) is 0 Å². The monoisotopic (exact) mass is 126 g/mol. The molecule has 2 aliphatic heterocycles. The average molecular weight is 126 g/mol. The second-order valence-corrected chi connectivity index (χ2v) is 2.83. The van der Waals surface area contributed by atoms with E-state index >= 15 is 0 Å². The molecule has 0 aromatic heterocycles. The Balaban J connectivity index is 1.95. The Morgan fingerprint density at radius 3 is 2.33 bits per heavy atom. The van der Waals surface area contributed by atoms with E-state index in [2.05, 4.69) is 0 Å². The molecule has 3 heteroatoms. The number of ketones is 1. The molecule has 0 bridgehead atoms. The Morgan fingerprint density at radius 1 is 1.22 bits per heavy atom. The van der Waals surface area contributed by atoms with Gasteiger partial charge in [-0.15, -0.1) is 0 Å². The molecule has 1 saturated carbocycles. The van der Waals surface area contributed by atoms with Crippen LogP contribution in [0.2, 0.25) is 0 Å². The lowest BCUT2D eigenvalue weighted by Crippen LogP contribution is -2.23. The number of fused-ring (bicyclic) bond motifs is 2. The summed E-state index contributed by atoms with van der Waals surface area (Å²) < 4.78 is 10.1. The summed E-state index contributed by atoms with van der Waals surface area (Å²) in [5.74, 6) is 0.177. The summed E-state index contributed by atoms with van der Waals surface area (Å²) in [5, 5.41) is 0. The maximum absolute atomic E-state index is 11.0. The predicted octanol–water partition coefficient (Wildman–Crippen LogP) is -0.506. The second kappa shape index (κ2) is 1.07. The summed E-state index contributed by atoms with van der Waals surface area (Å²) in [6, 6.07) is 0. The largest absolute Gasteiger partial charge is 0.361 e. The summed E-state index contributed by atoms with van der Waals surface area (Å²) in [6.07, 6.45) is 1.24. The first-order chi connectivity index (χ1) is 4.36. The standard InChI is InChI=1S/C6H6O3/c7-4-5-2(8-5)1-3-6(4)9-3/h2-3,5-6H,1H2. The quantitative estimate of drug-likeness (QED) is 0.411. The van der Waals surface area contributed by atoms with Gasteiger partial charge in [-0.05, 0) is 0 Å². The molecule has 3 fully saturated rings. The van der Waals surface area contributed by atoms with E-state index < -0.39 is 0 Å². The van der Waals surface area contributed by atoms with Crippen LogP contribution in [0.1, 0.15) is 6.42 Å². The molecular formula is C6H6O3. The normalized spacial score (nSPS) is 60.2. The molecule has 2 heterocycles. The minimum Gasteiger partial charge on any atom is -0.361 e. The highest BCUT2D eigenvalue weighted by Crippen LogP contribution is 2.44. The second-order valence-electron chi connectivity index (χ2n) is 2.83. The SMILES string of the molecule is O=C1C2OC2CC2OC12. The molecule has 3 nitrogen and oxygen atoms in total. The predicted molar refractivity (Wildman–Crippen MR) is 26.9 cm³/mol. The number of hydrogen-bond acceptors (Lipinski definition) is 3. The maximum atomic E-state index is 11.0. The van der Waals surface area contributed by atoms with Crippen molar-refractivity contribution in [3.8, 4) is 0 Å². The van der Waals surface area contributed by atoms with E-state index in [9.17, 15) is 4.79 Å². The van der Waals surface area contributed by atoms with E-state index in [4.69, 9.17) is 9.47 Å². The first-order valence-electron chi connectivity index (χ1n) is 3.21. The lowest BCUT2D eigenvalue weighted by atomic mass is 10.00. The van der Waals surface area contributed by atoms with Gasteiger partial charge in [-0.25, -0.2) is 0 Å². The van der Waals surface area contributed by atoms with Crippen LogP contribution in [-0.2, 0) is 14.3 Å². The van der Waals surface area contributed by atoms with Gasteiger partial charge in [0.05, 0.1) is 12.2 Å². The maximum Gasteiger partial charge on any atom is 0.195 e. The Labute approximate surface area is 51.9 Å². The minimum atomic E-state index is -0.0752. The van der Waals surface area contributed by atoms with Crippen LogP contribution in [0.4, 0.5) is 0 Å². The van der Waals surface area contributed by atoms with Gasteiger partial charge in [-0.3, -0.25) is 4.79 Å². The molecule has 4 unspecified atom stereocenters. The smallest absolute Gasteiger partial charge is 0.195 e. The highest BCUT2D eigenvalue weighted by atomic mass is 16.6. The van der Waals surface area contributed by atoms with Gasteiger partial charge >= 0.3 is 0 Å². The van der Waals surface area contributed by atoms with E-state index in [1.807, 2.05) is 0 Å². The lowest BCUT2D eigenvalue weighted by Gasteiger charge is -1.94. The zero-order chi connectivity index (χ0) is 6.01. The van der Waals surface area contributed by atoms with Crippen LogP contribution in [0.25, 0.3) is 0 Å². The van der Waals surface area contributed by atoms with Crippen molar-refractivity contribution in [1.82, 2.24) is 0 Å². The average Bonchev–Trinajstić information content (AvgIpc) is 2.57. The molecule has 0 spiro atoms. The van der Waals surface area contributed by atoms with Crippen molar-refractivity contribution in [3.05, 3.63) is 0 Å². The lowest BCUT2D eigenvalue weighted by molar-refractivity contribution is -0.121. The Bertz CT molecular complexity index is 171. The molecule has 1 aliphatic carbocycles. The van der Waals surface area contributed by atoms with Crippen LogP contribution in [-0.4, -0.2) is 30.2 Å². The molecule has 2 saturated heterocycles. The van der Waals surface area contributed by atoms with Crippen molar-refractivity contribution in [2.75, 3.05) is 0 Å². The van der Waals surface area contributed by atoms with Gasteiger partial charge < -0.3 is 9.47 Å².